The fourth-order valence-electron chi connectivity index (χ4n) is 3.45. The van der Waals surface area contributed by atoms with Crippen LogP contribution in [0.2, 0.25) is 0 Å². The molecule has 0 bridgehead atoms. The number of piperazine rings is 1. The van der Waals surface area contributed by atoms with E-state index in [4.69, 9.17) is 0 Å². The van der Waals surface area contributed by atoms with Gasteiger partial charge in [-0.2, -0.15) is 0 Å². The quantitative estimate of drug-likeness (QED) is 0.664. The van der Waals surface area contributed by atoms with Crippen molar-refractivity contribution < 1.29 is 22.8 Å². The molecule has 8 nitrogen and oxygen atoms in total. The van der Waals surface area contributed by atoms with Crippen LogP contribution in [-0.4, -0.2) is 92.1 Å². The molecule has 0 aromatic heterocycles. The fraction of sp³-hybridized carbons (Fsp3) is 0.500. The lowest BCUT2D eigenvalue weighted by Gasteiger charge is -2.32. The number of hydrogen-bond donors (Lipinski definition) is 0. The first-order valence-corrected chi connectivity index (χ1v) is 10.7. The molecule has 0 radical (unpaired) electrons. The van der Waals surface area contributed by atoms with Gasteiger partial charge in [-0.15, -0.1) is 0 Å². The molecule has 0 saturated carbocycles. The predicted molar refractivity (Wildman–Crippen MR) is 99.1 cm³/mol. The van der Waals surface area contributed by atoms with Gasteiger partial charge in [0.15, 0.2) is 9.84 Å². The number of amides is 3. The summed E-state index contributed by atoms with van der Waals surface area (Å²) in [5.74, 6) is -0.394. The van der Waals surface area contributed by atoms with Gasteiger partial charge in [-0.1, -0.05) is 6.07 Å². The summed E-state index contributed by atoms with van der Waals surface area (Å²) in [4.78, 5) is 41.0. The number of nitrogens with zero attached hydrogens (tertiary/aromatic N) is 3. The monoisotopic (exact) mass is 393 g/mol. The third-order valence-corrected chi connectivity index (χ3v) is 6.93. The minimum absolute atomic E-state index is 0.0190. The molecule has 2 aliphatic rings. The van der Waals surface area contributed by atoms with Crippen molar-refractivity contribution in [3.05, 3.63) is 35.4 Å². The Hall–Kier alpha value is -2.42. The van der Waals surface area contributed by atoms with E-state index in [2.05, 4.69) is 0 Å². The van der Waals surface area contributed by atoms with Crippen LogP contribution in [0, 0.1) is 0 Å². The molecule has 146 valence electrons. The average Bonchev–Trinajstić information content (AvgIpc) is 3.06. The van der Waals surface area contributed by atoms with Crippen molar-refractivity contribution >= 4 is 28.1 Å². The molecular formula is C18H23N3O5S. The molecule has 2 aliphatic heterocycles. The van der Waals surface area contributed by atoms with Gasteiger partial charge in [0.2, 0.25) is 6.41 Å². The van der Waals surface area contributed by atoms with E-state index < -0.39 is 9.84 Å². The Balaban J connectivity index is 1.70. The first kappa shape index (κ1) is 19.3. The third-order valence-electron chi connectivity index (χ3n) is 5.18. The summed E-state index contributed by atoms with van der Waals surface area (Å²) < 4.78 is 23.3. The van der Waals surface area contributed by atoms with Crippen molar-refractivity contribution in [3.8, 4) is 0 Å². The molecule has 1 unspecified atom stereocenters. The van der Waals surface area contributed by atoms with Gasteiger partial charge in [0.05, 0.1) is 11.5 Å². The highest BCUT2D eigenvalue weighted by atomic mass is 32.2. The first-order valence-electron chi connectivity index (χ1n) is 8.87. The van der Waals surface area contributed by atoms with E-state index in [1.165, 1.54) is 4.90 Å². The van der Waals surface area contributed by atoms with E-state index in [1.54, 1.807) is 41.1 Å². The molecule has 2 fully saturated rings. The van der Waals surface area contributed by atoms with E-state index in [0.29, 0.717) is 43.7 Å². The molecule has 1 aromatic rings. The number of rotatable bonds is 4. The van der Waals surface area contributed by atoms with Gasteiger partial charge in [0.25, 0.3) is 11.8 Å². The second kappa shape index (κ2) is 7.67. The number of sulfone groups is 1. The molecular weight excluding hydrogens is 370 g/mol. The van der Waals surface area contributed by atoms with Crippen LogP contribution in [0.25, 0.3) is 0 Å². The summed E-state index contributed by atoms with van der Waals surface area (Å²) >= 11 is 0. The van der Waals surface area contributed by atoms with Crippen LogP contribution in [0.5, 0.6) is 0 Å². The lowest BCUT2D eigenvalue weighted by molar-refractivity contribution is -0.119. The molecule has 27 heavy (non-hydrogen) atoms. The van der Waals surface area contributed by atoms with Gasteiger partial charge in [-0.25, -0.2) is 8.42 Å². The lowest BCUT2D eigenvalue weighted by atomic mass is 10.1. The minimum atomic E-state index is -3.08. The smallest absolute Gasteiger partial charge is 0.253 e. The van der Waals surface area contributed by atoms with Gasteiger partial charge < -0.3 is 14.7 Å². The zero-order chi connectivity index (χ0) is 19.6. The second-order valence-corrected chi connectivity index (χ2v) is 9.22. The molecule has 9 heteroatoms. The summed E-state index contributed by atoms with van der Waals surface area (Å²) in [5.41, 5.74) is 0.770. The molecule has 3 rings (SSSR count). The number of benzene rings is 1. The molecule has 3 amide bonds. The molecule has 1 aromatic carbocycles. The molecule has 0 spiro atoms. The highest BCUT2D eigenvalue weighted by Crippen LogP contribution is 2.19. The Bertz CT molecular complexity index is 846. The summed E-state index contributed by atoms with van der Waals surface area (Å²) in [5, 5.41) is 0. The third kappa shape index (κ3) is 4.29. The highest BCUT2D eigenvalue weighted by molar-refractivity contribution is 7.91. The topological polar surface area (TPSA) is 95.1 Å². The van der Waals surface area contributed by atoms with E-state index in [-0.39, 0.29) is 29.4 Å². The summed E-state index contributed by atoms with van der Waals surface area (Å²) in [6, 6.07) is 6.16. The molecule has 2 saturated heterocycles. The Labute approximate surface area is 158 Å². The predicted octanol–water partition coefficient (Wildman–Crippen LogP) is -0.140. The minimum Gasteiger partial charge on any atom is -0.342 e. The van der Waals surface area contributed by atoms with E-state index >= 15 is 0 Å². The maximum atomic E-state index is 12.7. The van der Waals surface area contributed by atoms with Gasteiger partial charge in [0.1, 0.15) is 0 Å². The summed E-state index contributed by atoms with van der Waals surface area (Å²) in [7, 11) is -1.48. The molecule has 2 heterocycles. The van der Waals surface area contributed by atoms with Crippen LogP contribution < -0.4 is 0 Å². The largest absolute Gasteiger partial charge is 0.342 e. The summed E-state index contributed by atoms with van der Waals surface area (Å²) in [6.07, 6.45) is 1.21. The van der Waals surface area contributed by atoms with Crippen molar-refractivity contribution in [1.82, 2.24) is 14.7 Å². The van der Waals surface area contributed by atoms with E-state index in [0.717, 1.165) is 6.41 Å². The Kier molecular flexibility index (Phi) is 5.50. The van der Waals surface area contributed by atoms with Crippen LogP contribution in [0.3, 0.4) is 0 Å². The first-order chi connectivity index (χ1) is 12.8. The van der Waals surface area contributed by atoms with Crippen LogP contribution in [-0.2, 0) is 14.6 Å². The fourth-order valence-corrected chi connectivity index (χ4v) is 5.22. The van der Waals surface area contributed by atoms with Crippen LogP contribution in [0.4, 0.5) is 0 Å². The van der Waals surface area contributed by atoms with E-state index in [9.17, 15) is 22.8 Å². The standard InChI is InChI=1S/C18H23N3O5S/c1-19(16-5-10-27(25,26)12-16)17(23)14-3-2-4-15(11-14)18(24)21-8-6-20(13-22)7-9-21/h2-4,11,13,16H,5-10,12H2,1H3. The van der Waals surface area contributed by atoms with E-state index in [1.807, 2.05) is 0 Å². The van der Waals surface area contributed by atoms with Gasteiger partial charge in [-0.05, 0) is 24.6 Å². The van der Waals surface area contributed by atoms with Crippen molar-refractivity contribution in [3.63, 3.8) is 0 Å². The SMILES string of the molecule is CN(C(=O)c1cccc(C(=O)N2CCN(C=O)CC2)c1)C1CCS(=O)(=O)C1. The molecule has 0 N–H and O–H groups in total. The zero-order valence-electron chi connectivity index (χ0n) is 15.2. The highest BCUT2D eigenvalue weighted by Gasteiger charge is 2.33. The van der Waals surface area contributed by atoms with Crippen LogP contribution in [0.1, 0.15) is 27.1 Å². The van der Waals surface area contributed by atoms with Crippen LogP contribution in [0.15, 0.2) is 24.3 Å². The Morgan fingerprint density at radius 1 is 1.15 bits per heavy atom. The molecule has 0 aliphatic carbocycles. The van der Waals surface area contributed by atoms with Crippen molar-refractivity contribution in [2.75, 3.05) is 44.7 Å². The van der Waals surface area contributed by atoms with Crippen LogP contribution >= 0.6 is 0 Å². The Morgan fingerprint density at radius 2 is 1.81 bits per heavy atom. The molecule has 1 atom stereocenters. The maximum absolute atomic E-state index is 12.7. The average molecular weight is 393 g/mol. The number of hydrogen-bond acceptors (Lipinski definition) is 5. The van der Waals surface area contributed by atoms with Crippen molar-refractivity contribution in [2.24, 2.45) is 0 Å². The summed E-state index contributed by atoms with van der Waals surface area (Å²) in [6.45, 7) is 1.89. The Morgan fingerprint density at radius 3 is 2.41 bits per heavy atom. The van der Waals surface area contributed by atoms with Gasteiger partial charge in [0, 0.05) is 50.4 Å². The van der Waals surface area contributed by atoms with Crippen molar-refractivity contribution in [2.45, 2.75) is 12.5 Å². The zero-order valence-corrected chi connectivity index (χ0v) is 16.0. The van der Waals surface area contributed by atoms with Gasteiger partial charge >= 0.3 is 0 Å². The number of carbonyl (C=O) groups is 3. The second-order valence-electron chi connectivity index (χ2n) is 6.99. The maximum Gasteiger partial charge on any atom is 0.253 e. The lowest BCUT2D eigenvalue weighted by Crippen LogP contribution is -2.48. The number of carbonyl (C=O) groups excluding carboxylic acids is 3. The van der Waals surface area contributed by atoms with Gasteiger partial charge in [-0.3, -0.25) is 14.4 Å². The normalized spacial score (nSPS) is 21.7. The van der Waals surface area contributed by atoms with Crippen molar-refractivity contribution in [1.29, 1.82) is 0 Å².